The summed E-state index contributed by atoms with van der Waals surface area (Å²) in [4.78, 5) is 28.9. The average Bonchev–Trinajstić information content (AvgIpc) is 3.17. The Morgan fingerprint density at radius 3 is 2.44 bits per heavy atom. The molecular weight excluding hydrogens is 426 g/mol. The second-order valence-electron chi connectivity index (χ2n) is 8.94. The van der Waals surface area contributed by atoms with E-state index in [1.54, 1.807) is 13.2 Å². The molecule has 4 aromatic rings. The standard InChI is InChI=1S/C27H33N5O2/c1-5-20(18-30(3)17-19-12-8-7-9-13-19)29-26(33)23(6-2)32-24-15-11-10-14-21(24)22-16-28-31(4)27(34)25(22)32/h7-16,20,23H,5-6,17-18H2,1-4H3,(H,29,33)/t20-,23-/m0/s1. The maximum atomic E-state index is 13.6. The summed E-state index contributed by atoms with van der Waals surface area (Å²) in [5.41, 5.74) is 2.44. The van der Waals surface area contributed by atoms with Gasteiger partial charge in [0.05, 0.1) is 11.7 Å². The van der Waals surface area contributed by atoms with Gasteiger partial charge in [-0.15, -0.1) is 0 Å². The zero-order chi connectivity index (χ0) is 24.2. The number of para-hydroxylation sites is 1. The number of rotatable bonds is 9. The van der Waals surface area contributed by atoms with Crippen LogP contribution >= 0.6 is 0 Å². The van der Waals surface area contributed by atoms with Crippen molar-refractivity contribution in [1.82, 2.24) is 24.6 Å². The van der Waals surface area contributed by atoms with E-state index < -0.39 is 6.04 Å². The molecule has 2 heterocycles. The molecule has 7 heteroatoms. The number of carbonyl (C=O) groups excluding carboxylic acids is 1. The number of hydrogen-bond donors (Lipinski definition) is 1. The zero-order valence-electron chi connectivity index (χ0n) is 20.4. The summed E-state index contributed by atoms with van der Waals surface area (Å²) in [6.07, 6.45) is 3.11. The lowest BCUT2D eigenvalue weighted by Crippen LogP contribution is -2.45. The minimum Gasteiger partial charge on any atom is -0.350 e. The molecule has 0 bridgehead atoms. The van der Waals surface area contributed by atoms with E-state index in [-0.39, 0.29) is 17.5 Å². The SMILES string of the molecule is CC[C@@H](CN(C)Cc1ccccc1)NC(=O)[C@H](CC)n1c2ccccc2c2cnn(C)c(=O)c21. The lowest BCUT2D eigenvalue weighted by atomic mass is 10.1. The van der Waals surface area contributed by atoms with Crippen LogP contribution in [-0.2, 0) is 18.4 Å². The molecule has 2 atom stereocenters. The molecule has 0 spiro atoms. The predicted molar refractivity (Wildman–Crippen MR) is 137 cm³/mol. The molecule has 0 radical (unpaired) electrons. The van der Waals surface area contributed by atoms with E-state index in [1.165, 1.54) is 10.2 Å². The average molecular weight is 460 g/mol. The molecule has 0 aliphatic rings. The maximum absolute atomic E-state index is 13.6. The molecule has 1 N–H and O–H groups in total. The second-order valence-corrected chi connectivity index (χ2v) is 8.94. The molecule has 0 saturated heterocycles. The lowest BCUT2D eigenvalue weighted by molar-refractivity contribution is -0.125. The van der Waals surface area contributed by atoms with Crippen LogP contribution in [0.3, 0.4) is 0 Å². The van der Waals surface area contributed by atoms with Crippen LogP contribution in [0.5, 0.6) is 0 Å². The summed E-state index contributed by atoms with van der Waals surface area (Å²) in [6.45, 7) is 5.63. The third kappa shape index (κ3) is 4.61. The Labute approximate surface area is 200 Å². The van der Waals surface area contributed by atoms with Crippen LogP contribution in [0, 0.1) is 0 Å². The fourth-order valence-corrected chi connectivity index (χ4v) is 4.71. The number of nitrogens with zero attached hydrogens (tertiary/aromatic N) is 4. The van der Waals surface area contributed by atoms with Crippen LogP contribution in [0.15, 0.2) is 65.6 Å². The van der Waals surface area contributed by atoms with Crippen molar-refractivity contribution in [2.45, 2.75) is 45.3 Å². The van der Waals surface area contributed by atoms with Crippen molar-refractivity contribution in [3.8, 4) is 0 Å². The van der Waals surface area contributed by atoms with Gasteiger partial charge >= 0.3 is 0 Å². The van der Waals surface area contributed by atoms with Crippen LogP contribution < -0.4 is 10.9 Å². The quantitative estimate of drug-likeness (QED) is 0.413. The van der Waals surface area contributed by atoms with Gasteiger partial charge in [-0.3, -0.25) is 9.59 Å². The van der Waals surface area contributed by atoms with Crippen LogP contribution in [0.25, 0.3) is 21.8 Å². The van der Waals surface area contributed by atoms with Crippen molar-refractivity contribution in [3.63, 3.8) is 0 Å². The van der Waals surface area contributed by atoms with Crippen LogP contribution in [0.2, 0.25) is 0 Å². The highest BCUT2D eigenvalue weighted by atomic mass is 16.2. The molecule has 0 unspecified atom stereocenters. The van der Waals surface area contributed by atoms with Gasteiger partial charge in [-0.05, 0) is 31.5 Å². The zero-order valence-corrected chi connectivity index (χ0v) is 20.4. The van der Waals surface area contributed by atoms with Crippen molar-refractivity contribution < 1.29 is 4.79 Å². The molecule has 2 aromatic carbocycles. The van der Waals surface area contributed by atoms with E-state index in [4.69, 9.17) is 0 Å². The summed E-state index contributed by atoms with van der Waals surface area (Å²) in [7, 11) is 3.71. The number of fused-ring (bicyclic) bond motifs is 3. The second kappa shape index (κ2) is 10.2. The van der Waals surface area contributed by atoms with Crippen LogP contribution in [0.4, 0.5) is 0 Å². The Bertz CT molecular complexity index is 1340. The first-order valence-corrected chi connectivity index (χ1v) is 11.9. The Morgan fingerprint density at radius 2 is 1.74 bits per heavy atom. The largest absolute Gasteiger partial charge is 0.350 e. The van der Waals surface area contributed by atoms with Gasteiger partial charge in [-0.25, -0.2) is 4.68 Å². The van der Waals surface area contributed by atoms with Gasteiger partial charge in [0.25, 0.3) is 5.56 Å². The maximum Gasteiger partial charge on any atom is 0.291 e. The number of nitrogens with one attached hydrogen (secondary N) is 1. The molecule has 178 valence electrons. The molecule has 4 rings (SSSR count). The smallest absolute Gasteiger partial charge is 0.291 e. The Hall–Kier alpha value is -3.45. The highest BCUT2D eigenvalue weighted by Gasteiger charge is 2.27. The topological polar surface area (TPSA) is 72.2 Å². The number of aryl methyl sites for hydroxylation is 1. The Morgan fingerprint density at radius 1 is 1.03 bits per heavy atom. The lowest BCUT2D eigenvalue weighted by Gasteiger charge is -2.27. The van der Waals surface area contributed by atoms with Gasteiger partial charge < -0.3 is 14.8 Å². The first kappa shape index (κ1) is 23.7. The number of aromatic nitrogens is 3. The molecule has 0 aliphatic carbocycles. The van der Waals surface area contributed by atoms with Crippen LogP contribution in [-0.4, -0.2) is 44.8 Å². The Kier molecular flexibility index (Phi) is 7.12. The molecule has 7 nitrogen and oxygen atoms in total. The van der Waals surface area contributed by atoms with E-state index in [0.717, 1.165) is 35.8 Å². The molecule has 1 amide bonds. The fourth-order valence-electron chi connectivity index (χ4n) is 4.71. The highest BCUT2D eigenvalue weighted by molar-refractivity contribution is 6.08. The molecule has 0 aliphatic heterocycles. The van der Waals surface area contributed by atoms with Gasteiger partial charge in [0, 0.05) is 37.0 Å². The van der Waals surface area contributed by atoms with E-state index in [9.17, 15) is 9.59 Å². The number of carbonyl (C=O) groups is 1. The van der Waals surface area contributed by atoms with Crippen molar-refractivity contribution >= 4 is 27.7 Å². The molecule has 0 fully saturated rings. The van der Waals surface area contributed by atoms with Crippen molar-refractivity contribution in [1.29, 1.82) is 0 Å². The molecule has 2 aromatic heterocycles. The van der Waals surface area contributed by atoms with Gasteiger partial charge in [-0.2, -0.15) is 5.10 Å². The normalized spacial score (nSPS) is 13.4. The van der Waals surface area contributed by atoms with Crippen molar-refractivity contribution in [2.75, 3.05) is 13.6 Å². The summed E-state index contributed by atoms with van der Waals surface area (Å²) in [6, 6.07) is 17.7. The third-order valence-electron chi connectivity index (χ3n) is 6.47. The molecular formula is C27H33N5O2. The van der Waals surface area contributed by atoms with Gasteiger partial charge in [0.15, 0.2) is 0 Å². The molecule has 34 heavy (non-hydrogen) atoms. The van der Waals surface area contributed by atoms with E-state index in [2.05, 4.69) is 41.4 Å². The minimum absolute atomic E-state index is 0.00727. The Balaban J connectivity index is 1.62. The summed E-state index contributed by atoms with van der Waals surface area (Å²) in [5.74, 6) is -0.0658. The number of amides is 1. The summed E-state index contributed by atoms with van der Waals surface area (Å²) < 4.78 is 3.24. The van der Waals surface area contributed by atoms with E-state index in [0.29, 0.717) is 11.9 Å². The van der Waals surface area contributed by atoms with Crippen LogP contribution in [0.1, 0.15) is 38.3 Å². The first-order valence-electron chi connectivity index (χ1n) is 11.9. The summed E-state index contributed by atoms with van der Waals surface area (Å²) >= 11 is 0. The van der Waals surface area contributed by atoms with Crippen molar-refractivity contribution in [3.05, 3.63) is 76.7 Å². The fraction of sp³-hybridized carbons (Fsp3) is 0.370. The van der Waals surface area contributed by atoms with E-state index in [1.807, 2.05) is 54.0 Å². The number of hydrogen-bond acceptors (Lipinski definition) is 4. The number of benzene rings is 2. The minimum atomic E-state index is -0.494. The van der Waals surface area contributed by atoms with Crippen molar-refractivity contribution in [2.24, 2.45) is 7.05 Å². The predicted octanol–water partition coefficient (Wildman–Crippen LogP) is 3.87. The van der Waals surface area contributed by atoms with Gasteiger partial charge in [-0.1, -0.05) is 62.4 Å². The molecule has 0 saturated carbocycles. The third-order valence-corrected chi connectivity index (χ3v) is 6.47. The summed E-state index contributed by atoms with van der Waals surface area (Å²) in [5, 5.41) is 9.19. The first-order chi connectivity index (χ1) is 16.4. The van der Waals surface area contributed by atoms with Gasteiger partial charge in [0.1, 0.15) is 11.6 Å². The highest BCUT2D eigenvalue weighted by Crippen LogP contribution is 2.30. The van der Waals surface area contributed by atoms with E-state index >= 15 is 0 Å². The monoisotopic (exact) mass is 459 g/mol. The van der Waals surface area contributed by atoms with Gasteiger partial charge in [0.2, 0.25) is 5.91 Å². The number of likely N-dealkylation sites (N-methyl/N-ethyl adjacent to an activating group) is 1.